The first-order valence-electron chi connectivity index (χ1n) is 5.31. The van der Waals surface area contributed by atoms with Crippen molar-refractivity contribution >= 4 is 33.2 Å². The van der Waals surface area contributed by atoms with E-state index in [0.717, 1.165) is 0 Å². The second kappa shape index (κ2) is 6.11. The van der Waals surface area contributed by atoms with Gasteiger partial charge in [-0.15, -0.1) is 11.3 Å². The molecule has 0 saturated carbocycles. The Kier molecular flexibility index (Phi) is 5.01. The normalized spacial score (nSPS) is 14.5. The maximum atomic E-state index is 11.9. The van der Waals surface area contributed by atoms with Gasteiger partial charge in [0.15, 0.2) is 0 Å². The number of nitrogens with one attached hydrogen (secondary N) is 1. The monoisotopic (exact) mass is 306 g/mol. The van der Waals surface area contributed by atoms with Crippen molar-refractivity contribution in [1.29, 1.82) is 0 Å². The van der Waals surface area contributed by atoms with Crippen LogP contribution in [-0.4, -0.2) is 37.6 Å². The Morgan fingerprint density at radius 3 is 2.53 bits per heavy atom. The average Bonchev–Trinajstić information content (AvgIpc) is 2.89. The Morgan fingerprint density at radius 1 is 1.42 bits per heavy atom. The molecular weight excluding hydrogens is 292 g/mol. The summed E-state index contributed by atoms with van der Waals surface area (Å²) >= 11 is 1.18. The molecule has 0 saturated heterocycles. The van der Waals surface area contributed by atoms with E-state index in [2.05, 4.69) is 9.72 Å². The topological polar surface area (TPSA) is 102 Å². The molecule has 0 unspecified atom stereocenters. The maximum absolute atomic E-state index is 11.9. The zero-order valence-corrected chi connectivity index (χ0v) is 12.2. The summed E-state index contributed by atoms with van der Waals surface area (Å²) in [7, 11) is -2.80. The molecule has 7 nitrogen and oxygen atoms in total. The number of esters is 1. The largest absolute Gasteiger partial charge is 0.469 e. The fraction of sp³-hybridized carbons (Fsp3) is 0.500. The van der Waals surface area contributed by atoms with Crippen LogP contribution in [0.2, 0.25) is 0 Å². The number of ether oxygens (including phenoxy) is 1. The van der Waals surface area contributed by atoms with Crippen molar-refractivity contribution < 1.29 is 22.7 Å². The Balaban J connectivity index is 2.81. The van der Waals surface area contributed by atoms with E-state index in [4.69, 9.17) is 0 Å². The van der Waals surface area contributed by atoms with Crippen molar-refractivity contribution in [2.75, 3.05) is 7.11 Å². The molecule has 0 bridgehead atoms. The van der Waals surface area contributed by atoms with E-state index in [1.807, 2.05) is 4.72 Å². The first-order chi connectivity index (χ1) is 8.79. The summed E-state index contributed by atoms with van der Waals surface area (Å²) in [6, 6.07) is 0. The van der Waals surface area contributed by atoms with Crippen molar-refractivity contribution in [3.8, 4) is 0 Å². The summed E-state index contributed by atoms with van der Waals surface area (Å²) in [5, 5.41) is 0.335. The van der Waals surface area contributed by atoms with E-state index < -0.39 is 33.1 Å². The quantitative estimate of drug-likeness (QED) is 0.790. The van der Waals surface area contributed by atoms with E-state index in [9.17, 15) is 18.0 Å². The molecule has 1 aromatic rings. The molecule has 0 aromatic carbocycles. The Labute approximate surface area is 115 Å². The minimum Gasteiger partial charge on any atom is -0.469 e. The first-order valence-corrected chi connectivity index (χ1v) is 7.80. The van der Waals surface area contributed by atoms with E-state index in [0.29, 0.717) is 0 Å². The molecule has 0 fully saturated rings. The Hall–Kier alpha value is -1.48. The highest BCUT2D eigenvalue weighted by Gasteiger charge is 2.33. The number of sulfonamides is 1. The molecule has 2 atom stereocenters. The summed E-state index contributed by atoms with van der Waals surface area (Å²) in [6.07, 6.45) is 0. The maximum Gasteiger partial charge on any atom is 0.309 e. The van der Waals surface area contributed by atoms with Gasteiger partial charge in [-0.3, -0.25) is 9.59 Å². The van der Waals surface area contributed by atoms with Gasteiger partial charge in [0.1, 0.15) is 5.69 Å². The third kappa shape index (κ3) is 3.74. The fourth-order valence-corrected chi connectivity index (χ4v) is 2.97. The second-order valence-corrected chi connectivity index (χ2v) is 6.62. The highest BCUT2D eigenvalue weighted by Crippen LogP contribution is 2.13. The van der Waals surface area contributed by atoms with Gasteiger partial charge < -0.3 is 4.74 Å². The van der Waals surface area contributed by atoms with E-state index in [1.54, 1.807) is 0 Å². The third-order valence-electron chi connectivity index (χ3n) is 2.67. The van der Waals surface area contributed by atoms with Crippen molar-refractivity contribution in [1.82, 2.24) is 9.71 Å². The number of aromatic nitrogens is 1. The van der Waals surface area contributed by atoms with Gasteiger partial charge in [-0.2, -0.15) is 0 Å². The summed E-state index contributed by atoms with van der Waals surface area (Å²) < 4.78 is 30.2. The van der Waals surface area contributed by atoms with Crippen LogP contribution >= 0.6 is 11.3 Å². The standard InChI is InChI=1S/C10H14N2O5S2/c1-6(10(14)17-3)7(2)19(15,16)12-9(13)8-4-18-5-11-8/h4-7H,1-3H3,(H,12,13)/t6-,7+/m1/s1. The second-order valence-electron chi connectivity index (χ2n) is 3.87. The number of nitrogens with zero attached hydrogens (tertiary/aromatic N) is 1. The van der Waals surface area contributed by atoms with Crippen LogP contribution in [0.5, 0.6) is 0 Å². The number of hydrogen-bond donors (Lipinski definition) is 1. The van der Waals surface area contributed by atoms with Gasteiger partial charge in [0.05, 0.1) is 23.8 Å². The highest BCUT2D eigenvalue weighted by molar-refractivity contribution is 7.90. The number of hydrogen-bond acceptors (Lipinski definition) is 7. The summed E-state index contributed by atoms with van der Waals surface area (Å²) in [6.45, 7) is 2.75. The lowest BCUT2D eigenvalue weighted by Crippen LogP contribution is -2.42. The lowest BCUT2D eigenvalue weighted by atomic mass is 10.1. The summed E-state index contributed by atoms with van der Waals surface area (Å²) in [4.78, 5) is 26.6. The minimum atomic E-state index is -3.98. The number of thiazole rings is 1. The SMILES string of the molecule is COC(=O)[C@H](C)[C@H](C)S(=O)(=O)NC(=O)c1cscn1. The fourth-order valence-electron chi connectivity index (χ4n) is 1.25. The minimum absolute atomic E-state index is 0.0199. The number of amides is 1. The van der Waals surface area contributed by atoms with Crippen LogP contribution in [0.25, 0.3) is 0 Å². The lowest BCUT2D eigenvalue weighted by molar-refractivity contribution is -0.144. The van der Waals surface area contributed by atoms with Gasteiger partial charge in [0.2, 0.25) is 10.0 Å². The van der Waals surface area contributed by atoms with Crippen LogP contribution in [0.4, 0.5) is 0 Å². The molecular formula is C10H14N2O5S2. The van der Waals surface area contributed by atoms with Crippen molar-refractivity contribution in [3.63, 3.8) is 0 Å². The van der Waals surface area contributed by atoms with Gasteiger partial charge in [-0.1, -0.05) is 6.92 Å². The van der Waals surface area contributed by atoms with Gasteiger partial charge in [0.25, 0.3) is 5.91 Å². The average molecular weight is 306 g/mol. The molecule has 1 heterocycles. The molecule has 1 rings (SSSR count). The van der Waals surface area contributed by atoms with E-state index in [-0.39, 0.29) is 5.69 Å². The molecule has 1 aromatic heterocycles. The number of carbonyl (C=O) groups is 2. The summed E-state index contributed by atoms with van der Waals surface area (Å²) in [5.41, 5.74) is 1.44. The van der Waals surface area contributed by atoms with Crippen LogP contribution in [0, 0.1) is 5.92 Å². The predicted molar refractivity (Wildman–Crippen MR) is 69.1 cm³/mol. The lowest BCUT2D eigenvalue weighted by Gasteiger charge is -2.18. The van der Waals surface area contributed by atoms with Crippen molar-refractivity contribution in [2.24, 2.45) is 5.92 Å². The molecule has 0 aliphatic carbocycles. The van der Waals surface area contributed by atoms with E-state index in [1.165, 1.54) is 43.2 Å². The Morgan fingerprint density at radius 2 is 2.05 bits per heavy atom. The number of rotatable bonds is 5. The number of methoxy groups -OCH3 is 1. The highest BCUT2D eigenvalue weighted by atomic mass is 32.2. The molecule has 1 amide bonds. The van der Waals surface area contributed by atoms with Crippen LogP contribution in [0.1, 0.15) is 24.3 Å². The zero-order chi connectivity index (χ0) is 14.6. The van der Waals surface area contributed by atoms with Crippen LogP contribution < -0.4 is 4.72 Å². The predicted octanol–water partition coefficient (Wildman–Crippen LogP) is 0.400. The van der Waals surface area contributed by atoms with Gasteiger partial charge >= 0.3 is 5.97 Å². The molecule has 0 spiro atoms. The Bertz CT molecular complexity index is 552. The van der Waals surface area contributed by atoms with Crippen LogP contribution in [-0.2, 0) is 19.6 Å². The first kappa shape index (κ1) is 15.6. The molecule has 19 heavy (non-hydrogen) atoms. The van der Waals surface area contributed by atoms with Crippen molar-refractivity contribution in [3.05, 3.63) is 16.6 Å². The van der Waals surface area contributed by atoms with Gasteiger partial charge in [-0.05, 0) is 6.92 Å². The molecule has 106 valence electrons. The smallest absolute Gasteiger partial charge is 0.309 e. The molecule has 0 aliphatic heterocycles. The molecule has 9 heteroatoms. The van der Waals surface area contributed by atoms with E-state index >= 15 is 0 Å². The number of carbonyl (C=O) groups excluding carboxylic acids is 2. The summed E-state index contributed by atoms with van der Waals surface area (Å²) in [5.74, 6) is -2.35. The van der Waals surface area contributed by atoms with Crippen LogP contribution in [0.15, 0.2) is 10.9 Å². The third-order valence-corrected chi connectivity index (χ3v) is 5.11. The molecule has 1 N–H and O–H groups in total. The van der Waals surface area contributed by atoms with Gasteiger partial charge in [0, 0.05) is 5.38 Å². The van der Waals surface area contributed by atoms with Crippen molar-refractivity contribution in [2.45, 2.75) is 19.1 Å². The van der Waals surface area contributed by atoms with Crippen LogP contribution in [0.3, 0.4) is 0 Å². The molecule has 0 radical (unpaired) electrons. The molecule has 0 aliphatic rings. The zero-order valence-electron chi connectivity index (χ0n) is 10.6. The van der Waals surface area contributed by atoms with Gasteiger partial charge in [-0.25, -0.2) is 18.1 Å².